The quantitative estimate of drug-likeness (QED) is 0.911. The second-order valence-corrected chi connectivity index (χ2v) is 4.74. The molecule has 1 unspecified atom stereocenters. The minimum atomic E-state index is -0.243. The molecule has 0 radical (unpaired) electrons. The third kappa shape index (κ3) is 3.48. The van der Waals surface area contributed by atoms with E-state index in [0.717, 1.165) is 17.0 Å². The molecule has 0 fully saturated rings. The van der Waals surface area contributed by atoms with E-state index in [0.29, 0.717) is 6.54 Å². The molecule has 20 heavy (non-hydrogen) atoms. The molecule has 0 heterocycles. The number of halogens is 1. The number of hydrogen-bond acceptors (Lipinski definition) is 3. The van der Waals surface area contributed by atoms with Gasteiger partial charge in [-0.1, -0.05) is 18.2 Å². The number of likely N-dealkylation sites (N-methyl/N-ethyl adjacent to an activating group) is 1. The molecule has 2 rings (SSSR count). The second kappa shape index (κ2) is 6.39. The molecule has 0 aliphatic carbocycles. The van der Waals surface area contributed by atoms with Crippen LogP contribution in [0, 0.1) is 5.82 Å². The molecule has 3 nitrogen and oxygen atoms in total. The van der Waals surface area contributed by atoms with Gasteiger partial charge in [-0.3, -0.25) is 0 Å². The molecule has 1 atom stereocenters. The van der Waals surface area contributed by atoms with Crippen molar-refractivity contribution in [3.05, 3.63) is 59.9 Å². The zero-order valence-electron chi connectivity index (χ0n) is 11.7. The maximum Gasteiger partial charge on any atom is 0.125 e. The SMILES string of the molecule is COc1ccc(C(N)CN(C)c2cccc(F)c2)cc1. The Kier molecular flexibility index (Phi) is 4.58. The van der Waals surface area contributed by atoms with Crippen LogP contribution in [0.5, 0.6) is 5.75 Å². The number of anilines is 1. The molecule has 2 N–H and O–H groups in total. The van der Waals surface area contributed by atoms with Gasteiger partial charge < -0.3 is 15.4 Å². The van der Waals surface area contributed by atoms with Gasteiger partial charge in [-0.15, -0.1) is 0 Å². The van der Waals surface area contributed by atoms with Gasteiger partial charge in [0.1, 0.15) is 11.6 Å². The average molecular weight is 274 g/mol. The van der Waals surface area contributed by atoms with Gasteiger partial charge in [0.2, 0.25) is 0 Å². The van der Waals surface area contributed by atoms with Crippen molar-refractivity contribution < 1.29 is 9.13 Å². The van der Waals surface area contributed by atoms with E-state index >= 15 is 0 Å². The summed E-state index contributed by atoms with van der Waals surface area (Å²) in [5.41, 5.74) is 8.02. The van der Waals surface area contributed by atoms with E-state index in [1.807, 2.05) is 42.3 Å². The predicted molar refractivity (Wildman–Crippen MR) is 79.6 cm³/mol. The third-order valence-electron chi connectivity index (χ3n) is 3.26. The van der Waals surface area contributed by atoms with Crippen LogP contribution in [-0.4, -0.2) is 20.7 Å². The minimum Gasteiger partial charge on any atom is -0.497 e. The zero-order valence-corrected chi connectivity index (χ0v) is 11.7. The molecule has 0 aliphatic heterocycles. The Hall–Kier alpha value is -2.07. The Labute approximate surface area is 118 Å². The lowest BCUT2D eigenvalue weighted by atomic mass is 10.1. The monoisotopic (exact) mass is 274 g/mol. The Morgan fingerprint density at radius 1 is 1.20 bits per heavy atom. The number of benzene rings is 2. The van der Waals surface area contributed by atoms with Crippen LogP contribution in [0.2, 0.25) is 0 Å². The van der Waals surface area contributed by atoms with Crippen LogP contribution in [0.15, 0.2) is 48.5 Å². The van der Waals surface area contributed by atoms with Crippen LogP contribution in [0.4, 0.5) is 10.1 Å². The normalized spacial score (nSPS) is 12.0. The molecule has 0 saturated carbocycles. The number of methoxy groups -OCH3 is 1. The molecule has 2 aromatic rings. The molecule has 0 bridgehead atoms. The minimum absolute atomic E-state index is 0.144. The molecule has 4 heteroatoms. The van der Waals surface area contributed by atoms with Gasteiger partial charge in [0.05, 0.1) is 7.11 Å². The van der Waals surface area contributed by atoms with E-state index in [1.54, 1.807) is 13.2 Å². The summed E-state index contributed by atoms with van der Waals surface area (Å²) in [6.45, 7) is 0.607. The van der Waals surface area contributed by atoms with Crippen molar-refractivity contribution in [2.45, 2.75) is 6.04 Å². The maximum absolute atomic E-state index is 13.2. The van der Waals surface area contributed by atoms with Crippen molar-refractivity contribution in [2.24, 2.45) is 5.73 Å². The van der Waals surface area contributed by atoms with Crippen molar-refractivity contribution in [3.8, 4) is 5.75 Å². The number of rotatable bonds is 5. The first-order chi connectivity index (χ1) is 9.60. The standard InChI is InChI=1S/C16H19FN2O/c1-19(14-5-3-4-13(17)10-14)11-16(18)12-6-8-15(20-2)9-7-12/h3-10,16H,11,18H2,1-2H3. The summed E-state index contributed by atoms with van der Waals surface area (Å²) < 4.78 is 18.3. The van der Waals surface area contributed by atoms with Gasteiger partial charge in [0.25, 0.3) is 0 Å². The Balaban J connectivity index is 2.04. The first kappa shape index (κ1) is 14.3. The summed E-state index contributed by atoms with van der Waals surface area (Å²) in [7, 11) is 3.53. The summed E-state index contributed by atoms with van der Waals surface area (Å²) in [5.74, 6) is 0.562. The van der Waals surface area contributed by atoms with Crippen LogP contribution >= 0.6 is 0 Å². The fourth-order valence-electron chi connectivity index (χ4n) is 2.07. The highest BCUT2D eigenvalue weighted by Gasteiger charge is 2.10. The second-order valence-electron chi connectivity index (χ2n) is 4.74. The van der Waals surface area contributed by atoms with Crippen molar-refractivity contribution in [3.63, 3.8) is 0 Å². The van der Waals surface area contributed by atoms with Crippen LogP contribution in [0.1, 0.15) is 11.6 Å². The number of nitrogens with two attached hydrogens (primary N) is 1. The maximum atomic E-state index is 13.2. The van der Waals surface area contributed by atoms with Crippen LogP contribution in [-0.2, 0) is 0 Å². The average Bonchev–Trinajstić information content (AvgIpc) is 2.47. The van der Waals surface area contributed by atoms with Gasteiger partial charge in [-0.2, -0.15) is 0 Å². The Morgan fingerprint density at radius 2 is 1.90 bits per heavy atom. The zero-order chi connectivity index (χ0) is 14.5. The van der Waals surface area contributed by atoms with E-state index in [-0.39, 0.29) is 11.9 Å². The Bertz CT molecular complexity index is 557. The predicted octanol–water partition coefficient (Wildman–Crippen LogP) is 2.97. The van der Waals surface area contributed by atoms with Gasteiger partial charge in [0, 0.05) is 25.3 Å². The molecule has 0 spiro atoms. The number of hydrogen-bond donors (Lipinski definition) is 1. The van der Waals surface area contributed by atoms with E-state index < -0.39 is 0 Å². The van der Waals surface area contributed by atoms with E-state index in [2.05, 4.69) is 0 Å². The highest BCUT2D eigenvalue weighted by atomic mass is 19.1. The van der Waals surface area contributed by atoms with Crippen molar-refractivity contribution in [1.82, 2.24) is 0 Å². The highest BCUT2D eigenvalue weighted by molar-refractivity contribution is 5.46. The summed E-state index contributed by atoms with van der Waals surface area (Å²) in [4.78, 5) is 1.94. The molecule has 0 aliphatic rings. The summed E-state index contributed by atoms with van der Waals surface area (Å²) in [5, 5.41) is 0. The molecule has 106 valence electrons. The summed E-state index contributed by atoms with van der Waals surface area (Å²) in [6, 6.07) is 14.0. The summed E-state index contributed by atoms with van der Waals surface area (Å²) >= 11 is 0. The molecule has 2 aromatic carbocycles. The van der Waals surface area contributed by atoms with Crippen molar-refractivity contribution in [2.75, 3.05) is 25.6 Å². The molecule has 0 amide bonds. The van der Waals surface area contributed by atoms with Gasteiger partial charge >= 0.3 is 0 Å². The first-order valence-corrected chi connectivity index (χ1v) is 6.46. The molecular formula is C16H19FN2O. The summed E-state index contributed by atoms with van der Waals surface area (Å²) in [6.07, 6.45) is 0. The van der Waals surface area contributed by atoms with Gasteiger partial charge in [-0.25, -0.2) is 4.39 Å². The first-order valence-electron chi connectivity index (χ1n) is 6.46. The number of ether oxygens (including phenoxy) is 1. The highest BCUT2D eigenvalue weighted by Crippen LogP contribution is 2.20. The molecule has 0 saturated heterocycles. The van der Waals surface area contributed by atoms with Crippen LogP contribution < -0.4 is 15.4 Å². The van der Waals surface area contributed by atoms with Crippen molar-refractivity contribution in [1.29, 1.82) is 0 Å². The lowest BCUT2D eigenvalue weighted by molar-refractivity contribution is 0.414. The van der Waals surface area contributed by atoms with E-state index in [4.69, 9.17) is 10.5 Å². The smallest absolute Gasteiger partial charge is 0.125 e. The molecular weight excluding hydrogens is 255 g/mol. The van der Waals surface area contributed by atoms with Crippen LogP contribution in [0.3, 0.4) is 0 Å². The van der Waals surface area contributed by atoms with E-state index in [1.165, 1.54) is 12.1 Å². The van der Waals surface area contributed by atoms with Crippen LogP contribution in [0.25, 0.3) is 0 Å². The lowest BCUT2D eigenvalue weighted by Crippen LogP contribution is -2.28. The molecule has 0 aromatic heterocycles. The fourth-order valence-corrected chi connectivity index (χ4v) is 2.07. The largest absolute Gasteiger partial charge is 0.497 e. The Morgan fingerprint density at radius 3 is 2.50 bits per heavy atom. The fraction of sp³-hybridized carbons (Fsp3) is 0.250. The van der Waals surface area contributed by atoms with Gasteiger partial charge in [-0.05, 0) is 35.9 Å². The van der Waals surface area contributed by atoms with Crippen molar-refractivity contribution >= 4 is 5.69 Å². The third-order valence-corrected chi connectivity index (χ3v) is 3.26. The topological polar surface area (TPSA) is 38.5 Å². The van der Waals surface area contributed by atoms with Gasteiger partial charge in [0.15, 0.2) is 0 Å². The van der Waals surface area contributed by atoms with E-state index in [9.17, 15) is 4.39 Å². The lowest BCUT2D eigenvalue weighted by Gasteiger charge is -2.23. The number of nitrogens with zero attached hydrogens (tertiary/aromatic N) is 1.